The predicted octanol–water partition coefficient (Wildman–Crippen LogP) is 2.18. The average Bonchev–Trinajstić information content (AvgIpc) is 2.23. The van der Waals surface area contributed by atoms with Gasteiger partial charge in [0.15, 0.2) is 11.6 Å². The van der Waals surface area contributed by atoms with Crippen molar-refractivity contribution in [2.24, 2.45) is 0 Å². The van der Waals surface area contributed by atoms with Gasteiger partial charge in [0.1, 0.15) is 0 Å². The van der Waals surface area contributed by atoms with Crippen molar-refractivity contribution in [3.8, 4) is 0 Å². The summed E-state index contributed by atoms with van der Waals surface area (Å²) in [5.74, 6) is -1.59. The summed E-state index contributed by atoms with van der Waals surface area (Å²) in [7, 11) is 5.79. The summed E-state index contributed by atoms with van der Waals surface area (Å²) < 4.78 is 25.8. The highest BCUT2D eigenvalue weighted by Crippen LogP contribution is 2.19. The fourth-order valence-corrected chi connectivity index (χ4v) is 1.59. The van der Waals surface area contributed by atoms with E-state index in [9.17, 15) is 8.78 Å². The molecule has 0 heterocycles. The molecule has 1 N–H and O–H groups in total. The molecular formula is C12H18F2N2. The van der Waals surface area contributed by atoms with Crippen molar-refractivity contribution < 1.29 is 8.78 Å². The molecule has 2 nitrogen and oxygen atoms in total. The Labute approximate surface area is 95.3 Å². The first-order valence-corrected chi connectivity index (χ1v) is 5.31. The van der Waals surface area contributed by atoms with Crippen molar-refractivity contribution in [1.82, 2.24) is 10.2 Å². The highest BCUT2D eigenvalue weighted by Gasteiger charge is 2.11. The smallest absolute Gasteiger partial charge is 0.159 e. The van der Waals surface area contributed by atoms with Crippen LogP contribution in [0, 0.1) is 11.6 Å². The fraction of sp³-hybridized carbons (Fsp3) is 0.500. The zero-order valence-electron chi connectivity index (χ0n) is 9.93. The summed E-state index contributed by atoms with van der Waals surface area (Å²) in [6.07, 6.45) is 0.856. The molecule has 0 amide bonds. The van der Waals surface area contributed by atoms with Crippen molar-refractivity contribution in [2.45, 2.75) is 12.5 Å². The van der Waals surface area contributed by atoms with Crippen LogP contribution in [-0.2, 0) is 0 Å². The van der Waals surface area contributed by atoms with Gasteiger partial charge in [-0.05, 0) is 51.8 Å². The van der Waals surface area contributed by atoms with Gasteiger partial charge >= 0.3 is 0 Å². The van der Waals surface area contributed by atoms with Gasteiger partial charge in [-0.1, -0.05) is 6.07 Å². The van der Waals surface area contributed by atoms with Crippen molar-refractivity contribution >= 4 is 0 Å². The van der Waals surface area contributed by atoms with Crippen molar-refractivity contribution in [1.29, 1.82) is 0 Å². The van der Waals surface area contributed by atoms with Gasteiger partial charge in [-0.3, -0.25) is 0 Å². The molecule has 90 valence electrons. The van der Waals surface area contributed by atoms with E-state index in [1.807, 2.05) is 21.1 Å². The van der Waals surface area contributed by atoms with Crippen molar-refractivity contribution in [3.63, 3.8) is 0 Å². The maximum atomic E-state index is 13.1. The van der Waals surface area contributed by atoms with Crippen LogP contribution in [0.5, 0.6) is 0 Å². The Bertz CT molecular complexity index is 340. The lowest BCUT2D eigenvalue weighted by molar-refractivity contribution is 0.367. The van der Waals surface area contributed by atoms with Gasteiger partial charge in [0.2, 0.25) is 0 Å². The van der Waals surface area contributed by atoms with Crippen LogP contribution >= 0.6 is 0 Å². The topological polar surface area (TPSA) is 15.3 Å². The quantitative estimate of drug-likeness (QED) is 0.831. The molecule has 4 heteroatoms. The number of hydrogen-bond acceptors (Lipinski definition) is 2. The van der Waals surface area contributed by atoms with E-state index in [1.54, 1.807) is 6.07 Å². The number of halogens is 2. The van der Waals surface area contributed by atoms with Crippen LogP contribution in [0.3, 0.4) is 0 Å². The van der Waals surface area contributed by atoms with Crippen molar-refractivity contribution in [3.05, 3.63) is 35.4 Å². The Hall–Kier alpha value is -1.00. The molecule has 0 aliphatic carbocycles. The van der Waals surface area contributed by atoms with Crippen LogP contribution in [0.4, 0.5) is 8.78 Å². The van der Waals surface area contributed by atoms with E-state index in [0.717, 1.165) is 18.5 Å². The molecule has 0 radical (unpaired) electrons. The molecule has 0 bridgehead atoms. The van der Waals surface area contributed by atoms with Crippen LogP contribution in [0.25, 0.3) is 0 Å². The maximum absolute atomic E-state index is 13.1. The second-order valence-electron chi connectivity index (χ2n) is 4.11. The van der Waals surface area contributed by atoms with Crippen LogP contribution in [0.15, 0.2) is 18.2 Å². The van der Waals surface area contributed by atoms with Gasteiger partial charge in [-0.15, -0.1) is 0 Å². The van der Waals surface area contributed by atoms with E-state index in [4.69, 9.17) is 0 Å². The van der Waals surface area contributed by atoms with Gasteiger partial charge < -0.3 is 10.2 Å². The number of nitrogens with one attached hydrogen (secondary N) is 1. The minimum absolute atomic E-state index is 0.0532. The third-order valence-corrected chi connectivity index (χ3v) is 2.56. The van der Waals surface area contributed by atoms with Crippen LogP contribution in [-0.4, -0.2) is 32.6 Å². The predicted molar refractivity (Wildman–Crippen MR) is 61.3 cm³/mol. The summed E-state index contributed by atoms with van der Waals surface area (Å²) in [6, 6.07) is 4.10. The van der Waals surface area contributed by atoms with Gasteiger partial charge in [0.25, 0.3) is 0 Å². The third-order valence-electron chi connectivity index (χ3n) is 2.56. The lowest BCUT2D eigenvalue weighted by Gasteiger charge is -2.19. The van der Waals surface area contributed by atoms with Gasteiger partial charge in [-0.2, -0.15) is 0 Å². The highest BCUT2D eigenvalue weighted by atomic mass is 19.2. The molecule has 16 heavy (non-hydrogen) atoms. The van der Waals surface area contributed by atoms with Crippen molar-refractivity contribution in [2.75, 3.05) is 27.7 Å². The zero-order chi connectivity index (χ0) is 12.1. The summed E-state index contributed by atoms with van der Waals surface area (Å²) in [5, 5.41) is 3.10. The Morgan fingerprint density at radius 2 is 1.94 bits per heavy atom. The number of hydrogen-bond donors (Lipinski definition) is 1. The van der Waals surface area contributed by atoms with Gasteiger partial charge in [-0.25, -0.2) is 8.78 Å². The minimum Gasteiger partial charge on any atom is -0.313 e. The normalized spacial score (nSPS) is 13.1. The summed E-state index contributed by atoms with van der Waals surface area (Å²) in [4.78, 5) is 2.06. The van der Waals surface area contributed by atoms with E-state index in [-0.39, 0.29) is 6.04 Å². The van der Waals surface area contributed by atoms with E-state index >= 15 is 0 Å². The Kier molecular flexibility index (Phi) is 4.83. The van der Waals surface area contributed by atoms with Crippen LogP contribution < -0.4 is 5.32 Å². The number of benzene rings is 1. The molecular weight excluding hydrogens is 210 g/mol. The summed E-state index contributed by atoms with van der Waals surface area (Å²) in [5.41, 5.74) is 0.781. The first-order valence-electron chi connectivity index (χ1n) is 5.31. The Morgan fingerprint density at radius 1 is 1.25 bits per heavy atom. The molecule has 0 saturated carbocycles. The molecule has 0 aromatic heterocycles. The monoisotopic (exact) mass is 228 g/mol. The van der Waals surface area contributed by atoms with Gasteiger partial charge in [0, 0.05) is 6.04 Å². The number of rotatable bonds is 5. The molecule has 0 aliphatic rings. The molecule has 1 aromatic carbocycles. The molecule has 0 spiro atoms. The van der Waals surface area contributed by atoms with E-state index in [0.29, 0.717) is 0 Å². The maximum Gasteiger partial charge on any atom is 0.159 e. The van der Waals surface area contributed by atoms with E-state index in [2.05, 4.69) is 10.2 Å². The molecule has 0 fully saturated rings. The zero-order valence-corrected chi connectivity index (χ0v) is 9.93. The second-order valence-corrected chi connectivity index (χ2v) is 4.11. The first kappa shape index (κ1) is 13.1. The highest BCUT2D eigenvalue weighted by molar-refractivity contribution is 5.21. The lowest BCUT2D eigenvalue weighted by atomic mass is 10.0. The SMILES string of the molecule is CNC(CCN(C)C)c1ccc(F)c(F)c1. The molecule has 0 saturated heterocycles. The Morgan fingerprint density at radius 3 is 2.44 bits per heavy atom. The Balaban J connectivity index is 2.74. The second kappa shape index (κ2) is 5.92. The largest absolute Gasteiger partial charge is 0.313 e. The standard InChI is InChI=1S/C12H18F2N2/c1-15-12(6-7-16(2)3)9-4-5-10(13)11(14)8-9/h4-5,8,12,15H,6-7H2,1-3H3. The van der Waals surface area contributed by atoms with E-state index < -0.39 is 11.6 Å². The molecule has 1 unspecified atom stereocenters. The summed E-state index contributed by atoms with van der Waals surface area (Å²) in [6.45, 7) is 0.893. The lowest BCUT2D eigenvalue weighted by Crippen LogP contribution is -2.23. The van der Waals surface area contributed by atoms with Gasteiger partial charge in [0.05, 0.1) is 0 Å². The number of nitrogens with zero attached hydrogens (tertiary/aromatic N) is 1. The minimum atomic E-state index is -0.800. The molecule has 0 aliphatic heterocycles. The first-order chi connectivity index (χ1) is 7.54. The van der Waals surface area contributed by atoms with Crippen LogP contribution in [0.2, 0.25) is 0 Å². The van der Waals surface area contributed by atoms with Crippen LogP contribution in [0.1, 0.15) is 18.0 Å². The fourth-order valence-electron chi connectivity index (χ4n) is 1.59. The molecule has 1 rings (SSSR count). The summed E-state index contributed by atoms with van der Waals surface area (Å²) >= 11 is 0. The van der Waals surface area contributed by atoms with E-state index in [1.165, 1.54) is 12.1 Å². The average molecular weight is 228 g/mol. The molecule has 1 atom stereocenters. The third kappa shape index (κ3) is 3.54. The molecule has 1 aromatic rings.